The molecule has 2 rings (SSSR count). The first-order valence-corrected chi connectivity index (χ1v) is 7.80. The summed E-state index contributed by atoms with van der Waals surface area (Å²) < 4.78 is 5.85. The third kappa shape index (κ3) is 4.18. The van der Waals surface area contributed by atoms with Crippen LogP contribution in [0.3, 0.4) is 0 Å². The Morgan fingerprint density at radius 2 is 1.59 bits per heavy atom. The minimum absolute atomic E-state index is 0.000890. The summed E-state index contributed by atoms with van der Waals surface area (Å²) in [6.45, 7) is 7.73. The fourth-order valence-corrected chi connectivity index (χ4v) is 2.35. The lowest BCUT2D eigenvalue weighted by molar-refractivity contribution is 0.103. The number of benzene rings is 2. The molecule has 0 aliphatic heterocycles. The highest BCUT2D eigenvalue weighted by atomic mass is 16.5. The second-order valence-electron chi connectivity index (χ2n) is 5.07. The largest absolute Gasteiger partial charge is 0.491 e. The van der Waals surface area contributed by atoms with Crippen LogP contribution in [-0.2, 0) is 0 Å². The average molecular weight is 297 g/mol. The van der Waals surface area contributed by atoms with Crippen molar-refractivity contribution in [3.63, 3.8) is 0 Å². The third-order valence-electron chi connectivity index (χ3n) is 3.73. The summed E-state index contributed by atoms with van der Waals surface area (Å²) >= 11 is 0. The van der Waals surface area contributed by atoms with Gasteiger partial charge in [0.1, 0.15) is 12.4 Å². The first kappa shape index (κ1) is 16.2. The fourth-order valence-electron chi connectivity index (χ4n) is 2.35. The first-order valence-electron chi connectivity index (χ1n) is 7.80. The van der Waals surface area contributed by atoms with Gasteiger partial charge in [-0.15, -0.1) is 0 Å². The zero-order chi connectivity index (χ0) is 15.8. The second kappa shape index (κ2) is 8.35. The maximum atomic E-state index is 12.6. The van der Waals surface area contributed by atoms with Gasteiger partial charge in [0.05, 0.1) is 5.56 Å². The van der Waals surface area contributed by atoms with Gasteiger partial charge in [-0.1, -0.05) is 56.3 Å². The van der Waals surface area contributed by atoms with E-state index < -0.39 is 0 Å². The number of rotatable bonds is 8. The summed E-state index contributed by atoms with van der Waals surface area (Å²) in [5.41, 5.74) is 1.30. The van der Waals surface area contributed by atoms with Crippen LogP contribution < -0.4 is 4.74 Å². The van der Waals surface area contributed by atoms with E-state index in [1.807, 2.05) is 54.6 Å². The Labute approximate surface area is 132 Å². The molecule has 0 heterocycles. The molecule has 0 amide bonds. The molecule has 22 heavy (non-hydrogen) atoms. The van der Waals surface area contributed by atoms with Gasteiger partial charge in [0, 0.05) is 12.1 Å². The van der Waals surface area contributed by atoms with E-state index in [1.165, 1.54) is 0 Å². The van der Waals surface area contributed by atoms with Crippen LogP contribution in [0.4, 0.5) is 0 Å². The molecule has 2 aromatic rings. The monoisotopic (exact) mass is 297 g/mol. The number of para-hydroxylation sites is 1. The molecule has 0 spiro atoms. The Balaban J connectivity index is 2.09. The van der Waals surface area contributed by atoms with Crippen LogP contribution in [-0.4, -0.2) is 36.9 Å². The van der Waals surface area contributed by atoms with Crippen LogP contribution in [0.25, 0.3) is 0 Å². The van der Waals surface area contributed by atoms with Gasteiger partial charge in [-0.2, -0.15) is 0 Å². The van der Waals surface area contributed by atoms with Crippen molar-refractivity contribution in [1.29, 1.82) is 0 Å². The summed E-state index contributed by atoms with van der Waals surface area (Å²) in [7, 11) is 0. The Hall–Kier alpha value is -2.13. The minimum Gasteiger partial charge on any atom is -0.491 e. The Bertz CT molecular complexity index is 591. The Morgan fingerprint density at radius 3 is 2.27 bits per heavy atom. The number of carbonyl (C=O) groups excluding carboxylic acids is 1. The number of ketones is 1. The Morgan fingerprint density at radius 1 is 0.955 bits per heavy atom. The molecule has 0 fully saturated rings. The number of hydrogen-bond acceptors (Lipinski definition) is 3. The molecule has 116 valence electrons. The van der Waals surface area contributed by atoms with E-state index in [1.54, 1.807) is 0 Å². The van der Waals surface area contributed by atoms with Crippen molar-refractivity contribution in [3.05, 3.63) is 65.7 Å². The van der Waals surface area contributed by atoms with Gasteiger partial charge in [0.2, 0.25) is 0 Å². The number of nitrogens with zero attached hydrogens (tertiary/aromatic N) is 1. The SMILES string of the molecule is CCN(CC)CCOc1ccccc1C(=O)c1ccccc1. The molecule has 0 unspecified atom stereocenters. The van der Waals surface area contributed by atoms with E-state index in [-0.39, 0.29) is 5.78 Å². The van der Waals surface area contributed by atoms with Crippen molar-refractivity contribution in [3.8, 4) is 5.75 Å². The normalized spacial score (nSPS) is 10.7. The van der Waals surface area contributed by atoms with Crippen molar-refractivity contribution < 1.29 is 9.53 Å². The van der Waals surface area contributed by atoms with Crippen LogP contribution in [0.1, 0.15) is 29.8 Å². The average Bonchev–Trinajstić information content (AvgIpc) is 2.59. The second-order valence-corrected chi connectivity index (χ2v) is 5.07. The Kier molecular flexibility index (Phi) is 6.16. The lowest BCUT2D eigenvalue weighted by Gasteiger charge is -2.18. The van der Waals surface area contributed by atoms with Gasteiger partial charge < -0.3 is 9.64 Å². The van der Waals surface area contributed by atoms with Crippen LogP contribution >= 0.6 is 0 Å². The van der Waals surface area contributed by atoms with Crippen molar-refractivity contribution in [2.45, 2.75) is 13.8 Å². The minimum atomic E-state index is -0.000890. The van der Waals surface area contributed by atoms with Gasteiger partial charge in [0.25, 0.3) is 0 Å². The molecule has 0 saturated heterocycles. The zero-order valence-corrected chi connectivity index (χ0v) is 13.3. The number of ether oxygens (including phenoxy) is 1. The molecule has 0 N–H and O–H groups in total. The lowest BCUT2D eigenvalue weighted by atomic mass is 10.0. The molecule has 0 radical (unpaired) electrons. The molecular weight excluding hydrogens is 274 g/mol. The molecule has 2 aromatic carbocycles. The van der Waals surface area contributed by atoms with Gasteiger partial charge in [0.15, 0.2) is 5.78 Å². The highest BCUT2D eigenvalue weighted by molar-refractivity contribution is 6.10. The molecule has 0 aromatic heterocycles. The highest BCUT2D eigenvalue weighted by Gasteiger charge is 2.14. The van der Waals surface area contributed by atoms with Crippen molar-refractivity contribution in [1.82, 2.24) is 4.90 Å². The van der Waals surface area contributed by atoms with Crippen LogP contribution in [0.15, 0.2) is 54.6 Å². The molecule has 0 aliphatic carbocycles. The van der Waals surface area contributed by atoms with E-state index >= 15 is 0 Å². The van der Waals surface area contributed by atoms with Crippen molar-refractivity contribution in [2.24, 2.45) is 0 Å². The van der Waals surface area contributed by atoms with E-state index in [4.69, 9.17) is 4.74 Å². The predicted molar refractivity (Wildman–Crippen MR) is 89.6 cm³/mol. The quantitative estimate of drug-likeness (QED) is 0.697. The topological polar surface area (TPSA) is 29.5 Å². The van der Waals surface area contributed by atoms with Gasteiger partial charge in [-0.3, -0.25) is 4.79 Å². The number of likely N-dealkylation sites (N-methyl/N-ethyl adjacent to an activating group) is 1. The standard InChI is InChI=1S/C19H23NO2/c1-3-20(4-2)14-15-22-18-13-9-8-12-17(18)19(21)16-10-6-5-7-11-16/h5-13H,3-4,14-15H2,1-2H3. The molecule has 0 bridgehead atoms. The summed E-state index contributed by atoms with van der Waals surface area (Å²) in [4.78, 5) is 14.9. The first-order chi connectivity index (χ1) is 10.8. The molecule has 3 heteroatoms. The van der Waals surface area contributed by atoms with Gasteiger partial charge >= 0.3 is 0 Å². The van der Waals surface area contributed by atoms with E-state index in [2.05, 4.69) is 18.7 Å². The van der Waals surface area contributed by atoms with Crippen LogP contribution in [0.5, 0.6) is 5.75 Å². The molecule has 0 saturated carbocycles. The zero-order valence-electron chi connectivity index (χ0n) is 13.3. The van der Waals surface area contributed by atoms with Crippen molar-refractivity contribution in [2.75, 3.05) is 26.2 Å². The number of hydrogen-bond donors (Lipinski definition) is 0. The van der Waals surface area contributed by atoms with Crippen molar-refractivity contribution >= 4 is 5.78 Å². The number of carbonyl (C=O) groups is 1. The predicted octanol–water partition coefficient (Wildman–Crippen LogP) is 3.64. The van der Waals surface area contributed by atoms with E-state index in [0.29, 0.717) is 23.5 Å². The van der Waals surface area contributed by atoms with Crippen LogP contribution in [0, 0.1) is 0 Å². The maximum Gasteiger partial charge on any atom is 0.196 e. The molecular formula is C19H23NO2. The summed E-state index contributed by atoms with van der Waals surface area (Å²) in [6.07, 6.45) is 0. The highest BCUT2D eigenvalue weighted by Crippen LogP contribution is 2.21. The summed E-state index contributed by atoms with van der Waals surface area (Å²) in [5.74, 6) is 0.655. The molecule has 3 nitrogen and oxygen atoms in total. The third-order valence-corrected chi connectivity index (χ3v) is 3.73. The summed E-state index contributed by atoms with van der Waals surface area (Å²) in [5, 5.41) is 0. The van der Waals surface area contributed by atoms with E-state index in [0.717, 1.165) is 19.6 Å². The lowest BCUT2D eigenvalue weighted by Crippen LogP contribution is -2.28. The molecule has 0 atom stereocenters. The smallest absolute Gasteiger partial charge is 0.196 e. The van der Waals surface area contributed by atoms with Crippen LogP contribution in [0.2, 0.25) is 0 Å². The summed E-state index contributed by atoms with van der Waals surface area (Å²) in [6, 6.07) is 16.8. The fraction of sp³-hybridized carbons (Fsp3) is 0.316. The molecule has 0 aliphatic rings. The van der Waals surface area contributed by atoms with E-state index in [9.17, 15) is 4.79 Å². The maximum absolute atomic E-state index is 12.6. The van der Waals surface area contributed by atoms with Gasteiger partial charge in [-0.05, 0) is 25.2 Å². The van der Waals surface area contributed by atoms with Gasteiger partial charge in [-0.25, -0.2) is 0 Å².